The standard InChI is InChI=1S/C14H15NO/c1-2-7-13(14-10-6-11-16-14)15-12-8-4-3-5-9-12/h2-6,8-11,13,15H,1,7H2. The molecule has 2 nitrogen and oxygen atoms in total. The molecule has 1 aromatic carbocycles. The van der Waals surface area contributed by atoms with E-state index in [0.29, 0.717) is 0 Å². The molecule has 0 fully saturated rings. The second kappa shape index (κ2) is 5.21. The molecule has 0 saturated heterocycles. The number of hydrogen-bond acceptors (Lipinski definition) is 2. The van der Waals surface area contributed by atoms with Gasteiger partial charge in [0.1, 0.15) is 5.76 Å². The largest absolute Gasteiger partial charge is 0.467 e. The third-order valence-electron chi connectivity index (χ3n) is 2.40. The molecule has 1 unspecified atom stereocenters. The molecule has 1 heterocycles. The molecule has 0 radical (unpaired) electrons. The molecule has 0 amide bonds. The van der Waals surface area contributed by atoms with Crippen LogP contribution in [0.3, 0.4) is 0 Å². The first-order valence-corrected chi connectivity index (χ1v) is 5.36. The summed E-state index contributed by atoms with van der Waals surface area (Å²) in [5, 5.41) is 3.42. The SMILES string of the molecule is C=CCC(Nc1ccccc1)c1ccco1. The second-order valence-corrected chi connectivity index (χ2v) is 3.60. The maximum absolute atomic E-state index is 5.41. The lowest BCUT2D eigenvalue weighted by Gasteiger charge is -2.16. The average molecular weight is 213 g/mol. The van der Waals surface area contributed by atoms with Gasteiger partial charge in [0.05, 0.1) is 12.3 Å². The van der Waals surface area contributed by atoms with Gasteiger partial charge in [-0.05, 0) is 30.7 Å². The highest BCUT2D eigenvalue weighted by molar-refractivity contribution is 5.44. The van der Waals surface area contributed by atoms with Gasteiger partial charge in [0, 0.05) is 5.69 Å². The molecule has 2 aromatic rings. The van der Waals surface area contributed by atoms with Crippen molar-refractivity contribution in [2.45, 2.75) is 12.5 Å². The molecule has 2 rings (SSSR count). The lowest BCUT2D eigenvalue weighted by molar-refractivity contribution is 0.480. The minimum Gasteiger partial charge on any atom is -0.467 e. The highest BCUT2D eigenvalue weighted by Crippen LogP contribution is 2.23. The number of benzene rings is 1. The Labute approximate surface area is 95.6 Å². The van der Waals surface area contributed by atoms with E-state index in [1.807, 2.05) is 48.5 Å². The second-order valence-electron chi connectivity index (χ2n) is 3.60. The predicted molar refractivity (Wildman–Crippen MR) is 66.3 cm³/mol. The van der Waals surface area contributed by atoms with Gasteiger partial charge in [-0.2, -0.15) is 0 Å². The summed E-state index contributed by atoms with van der Waals surface area (Å²) >= 11 is 0. The lowest BCUT2D eigenvalue weighted by Crippen LogP contribution is -2.08. The van der Waals surface area contributed by atoms with Gasteiger partial charge in [0.25, 0.3) is 0 Å². The molecule has 1 aromatic heterocycles. The lowest BCUT2D eigenvalue weighted by atomic mass is 10.1. The molecule has 0 spiro atoms. The monoisotopic (exact) mass is 213 g/mol. The number of nitrogens with one attached hydrogen (secondary N) is 1. The minimum atomic E-state index is 0.148. The van der Waals surface area contributed by atoms with Crippen LogP contribution in [0.15, 0.2) is 65.8 Å². The first kappa shape index (κ1) is 10.6. The number of rotatable bonds is 5. The summed E-state index contributed by atoms with van der Waals surface area (Å²) in [6.45, 7) is 3.77. The van der Waals surface area contributed by atoms with Crippen LogP contribution in [0, 0.1) is 0 Å². The van der Waals surface area contributed by atoms with Crippen molar-refractivity contribution in [3.05, 3.63) is 67.1 Å². The zero-order valence-corrected chi connectivity index (χ0v) is 9.10. The molecular weight excluding hydrogens is 198 g/mol. The fourth-order valence-electron chi connectivity index (χ4n) is 1.64. The van der Waals surface area contributed by atoms with Gasteiger partial charge in [-0.3, -0.25) is 0 Å². The van der Waals surface area contributed by atoms with Gasteiger partial charge in [0.15, 0.2) is 0 Å². The topological polar surface area (TPSA) is 25.2 Å². The van der Waals surface area contributed by atoms with E-state index in [9.17, 15) is 0 Å². The molecule has 1 atom stereocenters. The summed E-state index contributed by atoms with van der Waals surface area (Å²) < 4.78 is 5.41. The van der Waals surface area contributed by atoms with Crippen molar-refractivity contribution in [3.63, 3.8) is 0 Å². The average Bonchev–Trinajstić information content (AvgIpc) is 2.83. The van der Waals surface area contributed by atoms with E-state index >= 15 is 0 Å². The zero-order valence-electron chi connectivity index (χ0n) is 9.10. The zero-order chi connectivity index (χ0) is 11.2. The Balaban J connectivity index is 2.12. The van der Waals surface area contributed by atoms with Crippen LogP contribution in [0.1, 0.15) is 18.2 Å². The summed E-state index contributed by atoms with van der Waals surface area (Å²) in [7, 11) is 0. The quantitative estimate of drug-likeness (QED) is 0.759. The molecule has 16 heavy (non-hydrogen) atoms. The Kier molecular flexibility index (Phi) is 3.44. The normalized spacial score (nSPS) is 12.0. The maximum Gasteiger partial charge on any atom is 0.126 e. The van der Waals surface area contributed by atoms with Crippen molar-refractivity contribution in [2.75, 3.05) is 5.32 Å². The predicted octanol–water partition coefficient (Wildman–Crippen LogP) is 4.01. The van der Waals surface area contributed by atoms with Crippen LogP contribution in [0.2, 0.25) is 0 Å². The van der Waals surface area contributed by atoms with Crippen LogP contribution >= 0.6 is 0 Å². The van der Waals surface area contributed by atoms with E-state index in [2.05, 4.69) is 11.9 Å². The molecule has 0 aliphatic rings. The summed E-state index contributed by atoms with van der Waals surface area (Å²) in [4.78, 5) is 0. The van der Waals surface area contributed by atoms with Gasteiger partial charge in [-0.15, -0.1) is 6.58 Å². The fourth-order valence-corrected chi connectivity index (χ4v) is 1.64. The Hall–Kier alpha value is -1.96. The van der Waals surface area contributed by atoms with Crippen LogP contribution in [0.4, 0.5) is 5.69 Å². The molecule has 2 heteroatoms. The first-order chi connectivity index (χ1) is 7.90. The van der Waals surface area contributed by atoms with E-state index in [4.69, 9.17) is 4.42 Å². The highest BCUT2D eigenvalue weighted by atomic mass is 16.3. The third-order valence-corrected chi connectivity index (χ3v) is 2.40. The number of anilines is 1. The summed E-state index contributed by atoms with van der Waals surface area (Å²) in [6, 6.07) is 14.1. The van der Waals surface area contributed by atoms with Crippen molar-refractivity contribution in [1.29, 1.82) is 0 Å². The van der Waals surface area contributed by atoms with Crippen LogP contribution < -0.4 is 5.32 Å². The maximum atomic E-state index is 5.41. The van der Waals surface area contributed by atoms with E-state index < -0.39 is 0 Å². The van der Waals surface area contributed by atoms with E-state index in [1.54, 1.807) is 6.26 Å². The van der Waals surface area contributed by atoms with E-state index in [1.165, 1.54) is 0 Å². The molecule has 0 bridgehead atoms. The van der Waals surface area contributed by atoms with Crippen molar-refractivity contribution in [3.8, 4) is 0 Å². The molecule has 82 valence electrons. The van der Waals surface area contributed by atoms with Crippen LogP contribution in [-0.4, -0.2) is 0 Å². The van der Waals surface area contributed by atoms with Crippen molar-refractivity contribution in [2.24, 2.45) is 0 Å². The van der Waals surface area contributed by atoms with Crippen molar-refractivity contribution >= 4 is 5.69 Å². The van der Waals surface area contributed by atoms with Gasteiger partial charge in [0.2, 0.25) is 0 Å². The number of furan rings is 1. The Bertz CT molecular complexity index is 419. The summed E-state index contributed by atoms with van der Waals surface area (Å²) in [6.07, 6.45) is 4.42. The van der Waals surface area contributed by atoms with Crippen LogP contribution in [0.5, 0.6) is 0 Å². The molecule has 0 aliphatic heterocycles. The van der Waals surface area contributed by atoms with Gasteiger partial charge >= 0.3 is 0 Å². The molecule has 0 aliphatic carbocycles. The van der Waals surface area contributed by atoms with Crippen LogP contribution in [-0.2, 0) is 0 Å². The van der Waals surface area contributed by atoms with Crippen LogP contribution in [0.25, 0.3) is 0 Å². The minimum absolute atomic E-state index is 0.148. The summed E-state index contributed by atoms with van der Waals surface area (Å²) in [5.41, 5.74) is 1.09. The van der Waals surface area contributed by atoms with E-state index in [-0.39, 0.29) is 6.04 Å². The number of hydrogen-bond donors (Lipinski definition) is 1. The fraction of sp³-hybridized carbons (Fsp3) is 0.143. The Morgan fingerprint density at radius 1 is 1.19 bits per heavy atom. The Morgan fingerprint density at radius 3 is 2.62 bits per heavy atom. The smallest absolute Gasteiger partial charge is 0.126 e. The number of para-hydroxylation sites is 1. The third kappa shape index (κ3) is 2.54. The van der Waals surface area contributed by atoms with Crippen molar-refractivity contribution in [1.82, 2.24) is 0 Å². The van der Waals surface area contributed by atoms with Gasteiger partial charge in [-0.25, -0.2) is 0 Å². The van der Waals surface area contributed by atoms with Crippen molar-refractivity contribution < 1.29 is 4.42 Å². The molecular formula is C14H15NO. The first-order valence-electron chi connectivity index (χ1n) is 5.36. The van der Waals surface area contributed by atoms with E-state index in [0.717, 1.165) is 17.9 Å². The molecule has 1 N–H and O–H groups in total. The Morgan fingerprint density at radius 2 is 2.00 bits per heavy atom. The molecule has 0 saturated carbocycles. The summed E-state index contributed by atoms with van der Waals surface area (Å²) in [5.74, 6) is 0.934. The van der Waals surface area contributed by atoms with Gasteiger partial charge in [-0.1, -0.05) is 24.3 Å². The van der Waals surface area contributed by atoms with Gasteiger partial charge < -0.3 is 9.73 Å². The highest BCUT2D eigenvalue weighted by Gasteiger charge is 2.11.